The van der Waals surface area contributed by atoms with E-state index in [2.05, 4.69) is 20.9 Å². The highest BCUT2D eigenvalue weighted by Crippen LogP contribution is 2.17. The van der Waals surface area contributed by atoms with Gasteiger partial charge in [-0.1, -0.05) is 19.3 Å². The summed E-state index contributed by atoms with van der Waals surface area (Å²) in [4.78, 5) is 16.2. The van der Waals surface area contributed by atoms with Crippen LogP contribution < -0.4 is 16.0 Å². The van der Waals surface area contributed by atoms with Crippen molar-refractivity contribution in [2.45, 2.75) is 58.4 Å². The molecular weight excluding hydrogens is 240 g/mol. The minimum absolute atomic E-state index is 0.128. The molecule has 0 aliphatic heterocycles. The Hall–Kier alpha value is -1.26. The van der Waals surface area contributed by atoms with Crippen LogP contribution in [0.5, 0.6) is 0 Å². The Bertz CT molecular complexity index is 277. The molecule has 1 aliphatic carbocycles. The van der Waals surface area contributed by atoms with Gasteiger partial charge in [-0.3, -0.25) is 9.79 Å². The van der Waals surface area contributed by atoms with E-state index in [1.807, 2.05) is 13.8 Å². The monoisotopic (exact) mass is 268 g/mol. The third-order valence-electron chi connectivity index (χ3n) is 3.27. The van der Waals surface area contributed by atoms with Gasteiger partial charge in [0.2, 0.25) is 5.91 Å². The molecular formula is C14H28N4O. The lowest BCUT2D eigenvalue weighted by molar-refractivity contribution is -0.121. The van der Waals surface area contributed by atoms with Gasteiger partial charge in [0, 0.05) is 25.6 Å². The minimum atomic E-state index is 0.128. The first-order chi connectivity index (χ1) is 9.26. The van der Waals surface area contributed by atoms with Gasteiger partial charge in [0.1, 0.15) is 0 Å². The van der Waals surface area contributed by atoms with Gasteiger partial charge in [-0.05, 0) is 26.7 Å². The Kier molecular flexibility index (Phi) is 8.02. The standard InChI is InChI=1S/C14H28N4O/c1-3-15-14(16-4-2)17-11-10-13(19)18-12-8-6-5-7-9-12/h12H,3-11H2,1-2H3,(H,18,19)(H2,15,16,17). The van der Waals surface area contributed by atoms with Crippen LogP contribution in [0.2, 0.25) is 0 Å². The zero-order chi connectivity index (χ0) is 13.9. The molecule has 1 aliphatic rings. The molecule has 1 rings (SSSR count). The number of hydrogen-bond donors (Lipinski definition) is 3. The van der Waals surface area contributed by atoms with Crippen molar-refractivity contribution >= 4 is 11.9 Å². The minimum Gasteiger partial charge on any atom is -0.357 e. The molecule has 0 unspecified atom stereocenters. The van der Waals surface area contributed by atoms with Gasteiger partial charge in [-0.2, -0.15) is 0 Å². The Morgan fingerprint density at radius 1 is 1.11 bits per heavy atom. The highest BCUT2D eigenvalue weighted by atomic mass is 16.1. The van der Waals surface area contributed by atoms with Crippen LogP contribution in [0.4, 0.5) is 0 Å². The van der Waals surface area contributed by atoms with Crippen molar-refractivity contribution in [3.8, 4) is 0 Å². The van der Waals surface area contributed by atoms with Gasteiger partial charge in [0.25, 0.3) is 0 Å². The summed E-state index contributed by atoms with van der Waals surface area (Å²) in [5.41, 5.74) is 0. The fourth-order valence-corrected chi connectivity index (χ4v) is 2.33. The Balaban J connectivity index is 2.22. The van der Waals surface area contributed by atoms with E-state index in [1.54, 1.807) is 0 Å². The maximum absolute atomic E-state index is 11.8. The molecule has 1 fully saturated rings. The molecule has 110 valence electrons. The Morgan fingerprint density at radius 2 is 1.74 bits per heavy atom. The topological polar surface area (TPSA) is 65.5 Å². The second-order valence-electron chi connectivity index (χ2n) is 4.94. The molecule has 19 heavy (non-hydrogen) atoms. The van der Waals surface area contributed by atoms with E-state index < -0.39 is 0 Å². The molecule has 0 aromatic rings. The van der Waals surface area contributed by atoms with E-state index in [-0.39, 0.29) is 5.91 Å². The number of nitrogens with zero attached hydrogens (tertiary/aromatic N) is 1. The predicted octanol–water partition coefficient (Wildman–Crippen LogP) is 1.40. The van der Waals surface area contributed by atoms with Crippen LogP contribution >= 0.6 is 0 Å². The zero-order valence-corrected chi connectivity index (χ0v) is 12.3. The molecule has 0 radical (unpaired) electrons. The van der Waals surface area contributed by atoms with Gasteiger partial charge in [0.15, 0.2) is 5.96 Å². The lowest BCUT2D eigenvalue weighted by Gasteiger charge is -2.22. The van der Waals surface area contributed by atoms with Crippen LogP contribution in [0.25, 0.3) is 0 Å². The lowest BCUT2D eigenvalue weighted by Crippen LogP contribution is -2.38. The first-order valence-corrected chi connectivity index (χ1v) is 7.57. The van der Waals surface area contributed by atoms with Crippen LogP contribution in [0.1, 0.15) is 52.4 Å². The maximum Gasteiger partial charge on any atom is 0.222 e. The zero-order valence-electron chi connectivity index (χ0n) is 12.3. The molecule has 1 saturated carbocycles. The molecule has 0 atom stereocenters. The first-order valence-electron chi connectivity index (χ1n) is 7.57. The fraction of sp³-hybridized carbons (Fsp3) is 0.857. The number of amides is 1. The molecule has 0 bridgehead atoms. The first kappa shape index (κ1) is 15.8. The lowest BCUT2D eigenvalue weighted by atomic mass is 9.95. The van der Waals surface area contributed by atoms with Gasteiger partial charge in [-0.15, -0.1) is 0 Å². The third-order valence-corrected chi connectivity index (χ3v) is 3.27. The van der Waals surface area contributed by atoms with Crippen LogP contribution in [0, 0.1) is 0 Å². The van der Waals surface area contributed by atoms with Crippen LogP contribution in [0.15, 0.2) is 4.99 Å². The predicted molar refractivity (Wildman–Crippen MR) is 79.3 cm³/mol. The second-order valence-corrected chi connectivity index (χ2v) is 4.94. The fourth-order valence-electron chi connectivity index (χ4n) is 2.33. The average Bonchev–Trinajstić information content (AvgIpc) is 2.40. The number of aliphatic imine (C=N–C) groups is 1. The molecule has 0 saturated heterocycles. The maximum atomic E-state index is 11.8. The average molecular weight is 268 g/mol. The summed E-state index contributed by atoms with van der Waals surface area (Å²) in [7, 11) is 0. The smallest absolute Gasteiger partial charge is 0.222 e. The SMILES string of the molecule is CCNC(=NCCC(=O)NC1CCCCC1)NCC. The third kappa shape index (κ3) is 7.03. The molecule has 5 nitrogen and oxygen atoms in total. The van der Waals surface area contributed by atoms with Crippen molar-refractivity contribution < 1.29 is 4.79 Å². The van der Waals surface area contributed by atoms with Gasteiger partial charge >= 0.3 is 0 Å². The summed E-state index contributed by atoms with van der Waals surface area (Å²) in [6.45, 7) is 6.26. The van der Waals surface area contributed by atoms with Gasteiger partial charge in [0.05, 0.1) is 6.54 Å². The summed E-state index contributed by atoms with van der Waals surface area (Å²) in [6.07, 6.45) is 6.54. The largest absolute Gasteiger partial charge is 0.357 e. The second kappa shape index (κ2) is 9.64. The number of guanidine groups is 1. The number of carbonyl (C=O) groups is 1. The number of nitrogens with one attached hydrogen (secondary N) is 3. The highest BCUT2D eigenvalue weighted by Gasteiger charge is 2.15. The van der Waals surface area contributed by atoms with E-state index in [0.29, 0.717) is 19.0 Å². The van der Waals surface area contributed by atoms with E-state index in [1.165, 1.54) is 19.3 Å². The summed E-state index contributed by atoms with van der Waals surface area (Å²) in [6, 6.07) is 0.396. The van der Waals surface area contributed by atoms with Gasteiger partial charge in [-0.25, -0.2) is 0 Å². The molecule has 0 heterocycles. The quantitative estimate of drug-likeness (QED) is 0.504. The van der Waals surface area contributed by atoms with Crippen LogP contribution in [0.3, 0.4) is 0 Å². The van der Waals surface area contributed by atoms with Crippen molar-refractivity contribution in [3.05, 3.63) is 0 Å². The normalized spacial score (nSPS) is 15.7. The highest BCUT2D eigenvalue weighted by molar-refractivity contribution is 5.80. The van der Waals surface area contributed by atoms with E-state index in [4.69, 9.17) is 0 Å². The Morgan fingerprint density at radius 3 is 2.32 bits per heavy atom. The summed E-state index contributed by atoms with van der Waals surface area (Å²) in [5.74, 6) is 0.915. The van der Waals surface area contributed by atoms with E-state index in [0.717, 1.165) is 31.9 Å². The molecule has 0 spiro atoms. The van der Waals surface area contributed by atoms with E-state index in [9.17, 15) is 4.79 Å². The molecule has 0 aromatic carbocycles. The summed E-state index contributed by atoms with van der Waals surface area (Å²) in [5, 5.41) is 9.40. The molecule has 0 aromatic heterocycles. The number of rotatable bonds is 6. The van der Waals surface area contributed by atoms with Crippen LogP contribution in [-0.2, 0) is 4.79 Å². The van der Waals surface area contributed by atoms with Crippen molar-refractivity contribution in [1.82, 2.24) is 16.0 Å². The van der Waals surface area contributed by atoms with Crippen molar-refractivity contribution in [3.63, 3.8) is 0 Å². The summed E-state index contributed by atoms with van der Waals surface area (Å²) < 4.78 is 0. The molecule has 1 amide bonds. The summed E-state index contributed by atoms with van der Waals surface area (Å²) >= 11 is 0. The van der Waals surface area contributed by atoms with Crippen molar-refractivity contribution in [1.29, 1.82) is 0 Å². The molecule has 3 N–H and O–H groups in total. The Labute approximate surface area is 116 Å². The van der Waals surface area contributed by atoms with Gasteiger partial charge < -0.3 is 16.0 Å². The number of carbonyl (C=O) groups excluding carboxylic acids is 1. The van der Waals surface area contributed by atoms with Crippen molar-refractivity contribution in [2.24, 2.45) is 4.99 Å². The van der Waals surface area contributed by atoms with Crippen LogP contribution in [-0.4, -0.2) is 37.5 Å². The van der Waals surface area contributed by atoms with Crippen molar-refractivity contribution in [2.75, 3.05) is 19.6 Å². The number of hydrogen-bond acceptors (Lipinski definition) is 2. The van der Waals surface area contributed by atoms with E-state index >= 15 is 0 Å². The molecule has 5 heteroatoms.